The lowest BCUT2D eigenvalue weighted by Crippen LogP contribution is -1.91. The van der Waals surface area contributed by atoms with Crippen molar-refractivity contribution in [2.45, 2.75) is 30.5 Å². The zero-order valence-electron chi connectivity index (χ0n) is 9.81. The molecule has 0 aliphatic rings. The van der Waals surface area contributed by atoms with Gasteiger partial charge in [0.1, 0.15) is 0 Å². The summed E-state index contributed by atoms with van der Waals surface area (Å²) in [5.41, 5.74) is 2.88. The average molecular weight is 309 g/mol. The quantitative estimate of drug-likeness (QED) is 0.481. The molecule has 0 amide bonds. The molecule has 0 radical (unpaired) electrons. The highest BCUT2D eigenvalue weighted by Crippen LogP contribution is 2.28. The van der Waals surface area contributed by atoms with E-state index >= 15 is 0 Å². The van der Waals surface area contributed by atoms with Crippen molar-refractivity contribution >= 4 is 27.3 Å². The van der Waals surface area contributed by atoms with Crippen molar-refractivity contribution in [3.8, 4) is 0 Å². The summed E-state index contributed by atoms with van der Waals surface area (Å²) >= 11 is 5.56. The summed E-state index contributed by atoms with van der Waals surface area (Å²) in [6.07, 6.45) is 5.00. The molecule has 1 heterocycles. The lowest BCUT2D eigenvalue weighted by atomic mass is 10.0. The summed E-state index contributed by atoms with van der Waals surface area (Å²) in [6, 6.07) is 12.9. The van der Waals surface area contributed by atoms with Crippen LogP contribution in [0.3, 0.4) is 0 Å². The second-order valence-electron chi connectivity index (χ2n) is 4.26. The third-order valence-corrected chi connectivity index (χ3v) is 4.63. The van der Waals surface area contributed by atoms with Crippen LogP contribution in [-0.4, -0.2) is 0 Å². The Labute approximate surface area is 116 Å². The molecule has 0 N–H and O–H groups in total. The Bertz CT molecular complexity index is 408. The lowest BCUT2D eigenvalue weighted by molar-refractivity contribution is 0.676. The second kappa shape index (κ2) is 6.97. The average Bonchev–Trinajstić information content (AvgIpc) is 2.88. The van der Waals surface area contributed by atoms with Crippen molar-refractivity contribution in [3.05, 3.63) is 58.3 Å². The van der Waals surface area contributed by atoms with Crippen LogP contribution >= 0.6 is 27.3 Å². The predicted molar refractivity (Wildman–Crippen MR) is 80.0 cm³/mol. The Kier molecular flexibility index (Phi) is 5.27. The highest BCUT2D eigenvalue weighted by atomic mass is 79.9. The molecule has 0 nitrogen and oxygen atoms in total. The Hall–Kier alpha value is -0.600. The summed E-state index contributed by atoms with van der Waals surface area (Å²) in [7, 11) is 0. The highest BCUT2D eigenvalue weighted by molar-refractivity contribution is 9.09. The maximum absolute atomic E-state index is 3.77. The van der Waals surface area contributed by atoms with Crippen LogP contribution in [0.15, 0.2) is 47.2 Å². The highest BCUT2D eigenvalue weighted by Gasteiger charge is 2.05. The Balaban J connectivity index is 1.68. The van der Waals surface area contributed by atoms with Crippen LogP contribution in [0, 0.1) is 0 Å². The number of benzene rings is 1. The maximum atomic E-state index is 3.77. The molecule has 1 aromatic heterocycles. The standard InChI is InChI=1S/C15H17BrS/c16-15(14-7-2-1-3-8-14)9-5-4-6-13-10-11-17-12-13/h1-3,7-8,10-12,15H,4-6,9H2. The summed E-state index contributed by atoms with van der Waals surface area (Å²) < 4.78 is 0. The van der Waals surface area contributed by atoms with Crippen LogP contribution < -0.4 is 0 Å². The van der Waals surface area contributed by atoms with Crippen molar-refractivity contribution in [3.63, 3.8) is 0 Å². The van der Waals surface area contributed by atoms with Gasteiger partial charge in [-0.15, -0.1) is 0 Å². The number of hydrogen-bond acceptors (Lipinski definition) is 1. The number of halogens is 1. The monoisotopic (exact) mass is 308 g/mol. The van der Waals surface area contributed by atoms with Gasteiger partial charge in [-0.1, -0.05) is 52.7 Å². The molecule has 17 heavy (non-hydrogen) atoms. The van der Waals surface area contributed by atoms with E-state index in [2.05, 4.69) is 63.1 Å². The van der Waals surface area contributed by atoms with E-state index in [9.17, 15) is 0 Å². The van der Waals surface area contributed by atoms with Crippen LogP contribution in [0.4, 0.5) is 0 Å². The van der Waals surface area contributed by atoms with E-state index in [4.69, 9.17) is 0 Å². The molecule has 2 aromatic rings. The molecule has 1 atom stereocenters. The third-order valence-electron chi connectivity index (χ3n) is 2.91. The first-order chi connectivity index (χ1) is 8.36. The van der Waals surface area contributed by atoms with Crippen molar-refractivity contribution in [2.24, 2.45) is 0 Å². The molecular formula is C15H17BrS. The number of hydrogen-bond donors (Lipinski definition) is 0. The molecule has 0 aliphatic heterocycles. The number of alkyl halides is 1. The fourth-order valence-corrected chi connectivity index (χ4v) is 3.25. The van der Waals surface area contributed by atoms with Gasteiger partial charge in [0.2, 0.25) is 0 Å². The first-order valence-electron chi connectivity index (χ1n) is 6.06. The van der Waals surface area contributed by atoms with Gasteiger partial charge < -0.3 is 0 Å². The van der Waals surface area contributed by atoms with Crippen molar-refractivity contribution in [1.29, 1.82) is 0 Å². The molecule has 0 fully saturated rings. The maximum Gasteiger partial charge on any atom is 0.0395 e. The van der Waals surface area contributed by atoms with Crippen LogP contribution in [0.5, 0.6) is 0 Å². The molecular weight excluding hydrogens is 292 g/mol. The minimum Gasteiger partial charge on any atom is -0.152 e. The smallest absolute Gasteiger partial charge is 0.0395 e. The molecule has 2 rings (SSSR count). The fraction of sp³-hybridized carbons (Fsp3) is 0.333. The summed E-state index contributed by atoms with van der Waals surface area (Å²) in [5, 5.41) is 4.41. The van der Waals surface area contributed by atoms with Crippen LogP contribution in [-0.2, 0) is 6.42 Å². The van der Waals surface area contributed by atoms with Gasteiger partial charge in [-0.3, -0.25) is 0 Å². The molecule has 2 heteroatoms. The van der Waals surface area contributed by atoms with E-state index in [-0.39, 0.29) is 0 Å². The van der Waals surface area contributed by atoms with E-state index in [1.165, 1.54) is 36.8 Å². The van der Waals surface area contributed by atoms with E-state index in [0.29, 0.717) is 4.83 Å². The number of rotatable bonds is 6. The molecule has 90 valence electrons. The Morgan fingerprint density at radius 3 is 2.59 bits per heavy atom. The Morgan fingerprint density at radius 1 is 1.06 bits per heavy atom. The van der Waals surface area contributed by atoms with Gasteiger partial charge in [0.25, 0.3) is 0 Å². The van der Waals surface area contributed by atoms with Crippen LogP contribution in [0.25, 0.3) is 0 Å². The zero-order chi connectivity index (χ0) is 11.9. The molecule has 1 unspecified atom stereocenters. The SMILES string of the molecule is BrC(CCCCc1ccsc1)c1ccccc1. The normalized spacial score (nSPS) is 12.5. The van der Waals surface area contributed by atoms with Gasteiger partial charge in [0, 0.05) is 4.83 Å². The number of aryl methyl sites for hydroxylation is 1. The minimum atomic E-state index is 0.506. The topological polar surface area (TPSA) is 0 Å². The van der Waals surface area contributed by atoms with Crippen LogP contribution in [0.1, 0.15) is 35.2 Å². The van der Waals surface area contributed by atoms with Gasteiger partial charge in [-0.05, 0) is 47.2 Å². The first kappa shape index (κ1) is 12.8. The van der Waals surface area contributed by atoms with E-state index < -0.39 is 0 Å². The van der Waals surface area contributed by atoms with Gasteiger partial charge >= 0.3 is 0 Å². The number of unbranched alkanes of at least 4 members (excludes halogenated alkanes) is 1. The van der Waals surface area contributed by atoms with Crippen molar-refractivity contribution < 1.29 is 0 Å². The van der Waals surface area contributed by atoms with E-state index in [1.807, 2.05) is 0 Å². The van der Waals surface area contributed by atoms with Gasteiger partial charge in [-0.2, -0.15) is 11.3 Å². The lowest BCUT2D eigenvalue weighted by Gasteiger charge is -2.09. The molecule has 0 spiro atoms. The van der Waals surface area contributed by atoms with Gasteiger partial charge in [0.15, 0.2) is 0 Å². The largest absolute Gasteiger partial charge is 0.152 e. The molecule has 0 saturated heterocycles. The molecule has 0 bridgehead atoms. The van der Waals surface area contributed by atoms with Crippen LogP contribution in [0.2, 0.25) is 0 Å². The first-order valence-corrected chi connectivity index (χ1v) is 7.92. The van der Waals surface area contributed by atoms with Crippen molar-refractivity contribution in [1.82, 2.24) is 0 Å². The van der Waals surface area contributed by atoms with E-state index in [0.717, 1.165) is 0 Å². The summed E-state index contributed by atoms with van der Waals surface area (Å²) in [4.78, 5) is 0.506. The predicted octanol–water partition coefficient (Wildman–Crippen LogP) is 5.60. The molecule has 0 aliphatic carbocycles. The molecule has 1 aromatic carbocycles. The minimum absolute atomic E-state index is 0.506. The van der Waals surface area contributed by atoms with Gasteiger partial charge in [0.05, 0.1) is 0 Å². The van der Waals surface area contributed by atoms with E-state index in [1.54, 1.807) is 11.3 Å². The second-order valence-corrected chi connectivity index (χ2v) is 6.14. The fourth-order valence-electron chi connectivity index (χ4n) is 1.92. The number of thiophene rings is 1. The zero-order valence-corrected chi connectivity index (χ0v) is 12.2. The summed E-state index contributed by atoms with van der Waals surface area (Å²) in [5.74, 6) is 0. The summed E-state index contributed by atoms with van der Waals surface area (Å²) in [6.45, 7) is 0. The Morgan fingerprint density at radius 2 is 1.88 bits per heavy atom. The van der Waals surface area contributed by atoms with Crippen molar-refractivity contribution in [2.75, 3.05) is 0 Å². The third kappa shape index (κ3) is 4.29. The molecule has 0 saturated carbocycles. The van der Waals surface area contributed by atoms with Gasteiger partial charge in [-0.25, -0.2) is 0 Å².